The van der Waals surface area contributed by atoms with Gasteiger partial charge in [0.1, 0.15) is 18.0 Å². The first-order valence-electron chi connectivity index (χ1n) is 9.10. The molecule has 1 saturated heterocycles. The number of carbonyl (C=O) groups is 1. The minimum absolute atomic E-state index is 0.199. The number of nitrogens with zero attached hydrogens (tertiary/aromatic N) is 2. The van der Waals surface area contributed by atoms with Gasteiger partial charge in [-0.15, -0.1) is 0 Å². The minimum Gasteiger partial charge on any atom is -0.492 e. The van der Waals surface area contributed by atoms with Gasteiger partial charge in [-0.3, -0.25) is 0 Å². The summed E-state index contributed by atoms with van der Waals surface area (Å²) in [5, 5.41) is 0. The Labute approximate surface area is 151 Å². The average molecular weight is 348 g/mol. The van der Waals surface area contributed by atoms with E-state index in [1.807, 2.05) is 51.9 Å². The highest BCUT2D eigenvalue weighted by molar-refractivity contribution is 5.68. The molecule has 0 N–H and O–H groups in total. The Morgan fingerprint density at radius 2 is 1.76 bits per heavy atom. The molecule has 1 amide bonds. The molecule has 1 fully saturated rings. The summed E-state index contributed by atoms with van der Waals surface area (Å²) in [4.78, 5) is 16.1. The van der Waals surface area contributed by atoms with Gasteiger partial charge in [-0.25, -0.2) is 4.79 Å². The smallest absolute Gasteiger partial charge is 0.410 e. The predicted molar refractivity (Wildman–Crippen MR) is 100 cm³/mol. The standard InChI is InChI=1S/C20H32N2O3/c1-20(2,3)25-19(23)22-12-10-17(11-13-22)16-6-8-18(9-7-16)24-15-14-21(4)5/h6-9,17H,10-15H2,1-5H3. The van der Waals surface area contributed by atoms with Gasteiger partial charge in [-0.1, -0.05) is 12.1 Å². The molecule has 1 aliphatic rings. The Hall–Kier alpha value is -1.75. The Balaban J connectivity index is 1.81. The second-order valence-electron chi connectivity index (χ2n) is 7.96. The number of ether oxygens (including phenoxy) is 2. The number of likely N-dealkylation sites (N-methyl/N-ethyl adjacent to an activating group) is 1. The van der Waals surface area contributed by atoms with Gasteiger partial charge in [0.05, 0.1) is 0 Å². The van der Waals surface area contributed by atoms with E-state index < -0.39 is 5.60 Å². The molecule has 0 atom stereocenters. The molecular weight excluding hydrogens is 316 g/mol. The summed E-state index contributed by atoms with van der Waals surface area (Å²) in [6, 6.07) is 8.40. The maximum absolute atomic E-state index is 12.1. The molecule has 1 aliphatic heterocycles. The molecule has 0 aliphatic carbocycles. The molecule has 0 aromatic heterocycles. The number of amides is 1. The van der Waals surface area contributed by atoms with Crippen LogP contribution in [-0.4, -0.2) is 61.8 Å². The van der Waals surface area contributed by atoms with Gasteiger partial charge in [0.15, 0.2) is 0 Å². The van der Waals surface area contributed by atoms with Crippen molar-refractivity contribution >= 4 is 6.09 Å². The first-order valence-corrected chi connectivity index (χ1v) is 9.10. The first kappa shape index (κ1) is 19.6. The van der Waals surface area contributed by atoms with Crippen LogP contribution in [0.1, 0.15) is 45.1 Å². The van der Waals surface area contributed by atoms with E-state index in [9.17, 15) is 4.79 Å². The van der Waals surface area contributed by atoms with Crippen molar-refractivity contribution in [2.24, 2.45) is 0 Å². The van der Waals surface area contributed by atoms with Crippen LogP contribution in [0.5, 0.6) is 5.75 Å². The Morgan fingerprint density at radius 3 is 2.28 bits per heavy atom. The molecule has 2 rings (SSSR count). The second kappa shape index (κ2) is 8.56. The fraction of sp³-hybridized carbons (Fsp3) is 0.650. The molecule has 0 spiro atoms. The van der Waals surface area contributed by atoms with Gasteiger partial charge in [0, 0.05) is 19.6 Å². The molecule has 0 bridgehead atoms. The molecular formula is C20H32N2O3. The molecule has 25 heavy (non-hydrogen) atoms. The number of carbonyl (C=O) groups excluding carboxylic acids is 1. The van der Waals surface area contributed by atoms with Gasteiger partial charge < -0.3 is 19.3 Å². The van der Waals surface area contributed by atoms with E-state index in [0.29, 0.717) is 12.5 Å². The zero-order valence-electron chi connectivity index (χ0n) is 16.2. The monoisotopic (exact) mass is 348 g/mol. The zero-order valence-corrected chi connectivity index (χ0v) is 16.2. The highest BCUT2D eigenvalue weighted by Crippen LogP contribution is 2.29. The van der Waals surface area contributed by atoms with E-state index in [2.05, 4.69) is 17.0 Å². The quantitative estimate of drug-likeness (QED) is 0.813. The average Bonchev–Trinajstić information content (AvgIpc) is 2.54. The number of likely N-dealkylation sites (tertiary alicyclic amines) is 1. The van der Waals surface area contributed by atoms with Crippen LogP contribution in [0.3, 0.4) is 0 Å². The van der Waals surface area contributed by atoms with Crippen LogP contribution in [0, 0.1) is 0 Å². The summed E-state index contributed by atoms with van der Waals surface area (Å²) in [5.74, 6) is 1.41. The molecule has 1 heterocycles. The molecule has 5 nitrogen and oxygen atoms in total. The Morgan fingerprint density at radius 1 is 1.16 bits per heavy atom. The van der Waals surface area contributed by atoms with E-state index in [1.165, 1.54) is 5.56 Å². The molecule has 5 heteroatoms. The van der Waals surface area contributed by atoms with Crippen LogP contribution in [0.15, 0.2) is 24.3 Å². The van der Waals surface area contributed by atoms with Crippen molar-refractivity contribution in [1.29, 1.82) is 0 Å². The van der Waals surface area contributed by atoms with Crippen molar-refractivity contribution in [2.75, 3.05) is 40.3 Å². The molecule has 1 aromatic rings. The topological polar surface area (TPSA) is 42.0 Å². The van der Waals surface area contributed by atoms with Crippen LogP contribution in [0.4, 0.5) is 4.79 Å². The fourth-order valence-electron chi connectivity index (χ4n) is 2.90. The highest BCUT2D eigenvalue weighted by atomic mass is 16.6. The SMILES string of the molecule is CN(C)CCOc1ccc(C2CCN(C(=O)OC(C)(C)C)CC2)cc1. The second-order valence-corrected chi connectivity index (χ2v) is 7.96. The number of rotatable bonds is 5. The summed E-state index contributed by atoms with van der Waals surface area (Å²) in [6.07, 6.45) is 1.75. The lowest BCUT2D eigenvalue weighted by Crippen LogP contribution is -2.41. The summed E-state index contributed by atoms with van der Waals surface area (Å²) in [7, 11) is 4.08. The first-order chi connectivity index (χ1) is 11.7. The lowest BCUT2D eigenvalue weighted by Gasteiger charge is -2.33. The third-order valence-corrected chi connectivity index (χ3v) is 4.31. The van der Waals surface area contributed by atoms with Gasteiger partial charge in [0.25, 0.3) is 0 Å². The van der Waals surface area contributed by atoms with E-state index in [-0.39, 0.29) is 6.09 Å². The molecule has 1 aromatic carbocycles. The van der Waals surface area contributed by atoms with Crippen molar-refractivity contribution in [2.45, 2.75) is 45.1 Å². The van der Waals surface area contributed by atoms with Crippen molar-refractivity contribution in [3.05, 3.63) is 29.8 Å². The third-order valence-electron chi connectivity index (χ3n) is 4.31. The highest BCUT2D eigenvalue weighted by Gasteiger charge is 2.27. The van der Waals surface area contributed by atoms with E-state index in [1.54, 1.807) is 0 Å². The maximum atomic E-state index is 12.1. The minimum atomic E-state index is -0.434. The van der Waals surface area contributed by atoms with Crippen LogP contribution >= 0.6 is 0 Å². The number of benzene rings is 1. The van der Waals surface area contributed by atoms with Gasteiger partial charge in [-0.2, -0.15) is 0 Å². The van der Waals surface area contributed by atoms with Gasteiger partial charge >= 0.3 is 6.09 Å². The lowest BCUT2D eigenvalue weighted by atomic mass is 9.89. The summed E-state index contributed by atoms with van der Waals surface area (Å²) in [5.41, 5.74) is 0.889. The van der Waals surface area contributed by atoms with Crippen molar-refractivity contribution < 1.29 is 14.3 Å². The van der Waals surface area contributed by atoms with Crippen molar-refractivity contribution in [1.82, 2.24) is 9.80 Å². The predicted octanol–water partition coefficient (Wildman–Crippen LogP) is 3.74. The zero-order chi connectivity index (χ0) is 18.4. The number of hydrogen-bond donors (Lipinski definition) is 0. The van der Waals surface area contributed by atoms with Crippen LogP contribution in [0.25, 0.3) is 0 Å². The largest absolute Gasteiger partial charge is 0.492 e. The normalized spacial score (nSPS) is 16.2. The Kier molecular flexibility index (Phi) is 6.71. The summed E-state index contributed by atoms with van der Waals surface area (Å²) in [6.45, 7) is 8.81. The summed E-state index contributed by atoms with van der Waals surface area (Å²) < 4.78 is 11.2. The van der Waals surface area contributed by atoms with Crippen molar-refractivity contribution in [3.8, 4) is 5.75 Å². The summed E-state index contributed by atoms with van der Waals surface area (Å²) >= 11 is 0. The molecule has 140 valence electrons. The molecule has 0 unspecified atom stereocenters. The van der Waals surface area contributed by atoms with Crippen LogP contribution in [0.2, 0.25) is 0 Å². The van der Waals surface area contributed by atoms with E-state index >= 15 is 0 Å². The number of piperidine rings is 1. The maximum Gasteiger partial charge on any atom is 0.410 e. The van der Waals surface area contributed by atoms with Gasteiger partial charge in [-0.05, 0) is 71.3 Å². The van der Waals surface area contributed by atoms with Crippen LogP contribution in [-0.2, 0) is 4.74 Å². The van der Waals surface area contributed by atoms with Crippen LogP contribution < -0.4 is 4.74 Å². The molecule has 0 saturated carbocycles. The third kappa shape index (κ3) is 6.58. The van der Waals surface area contributed by atoms with E-state index in [4.69, 9.17) is 9.47 Å². The Bertz CT molecular complexity index is 541. The lowest BCUT2D eigenvalue weighted by molar-refractivity contribution is 0.0205. The number of hydrogen-bond acceptors (Lipinski definition) is 4. The fourth-order valence-corrected chi connectivity index (χ4v) is 2.90. The van der Waals surface area contributed by atoms with Gasteiger partial charge in [0.2, 0.25) is 0 Å². The van der Waals surface area contributed by atoms with Crippen molar-refractivity contribution in [3.63, 3.8) is 0 Å². The van der Waals surface area contributed by atoms with E-state index in [0.717, 1.165) is 38.2 Å². The molecule has 0 radical (unpaired) electrons.